The maximum Gasteiger partial charge on any atom is 0.231 e. The number of rotatable bonds is 0. The summed E-state index contributed by atoms with van der Waals surface area (Å²) < 4.78 is 10.5. The van der Waals surface area contributed by atoms with Crippen molar-refractivity contribution in [2.45, 2.75) is 0 Å². The summed E-state index contributed by atoms with van der Waals surface area (Å²) in [6, 6.07) is 5.95. The van der Waals surface area contributed by atoms with E-state index in [1.807, 2.05) is 24.4 Å². The second kappa shape index (κ2) is 2.67. The standard InChI is InChI=1S/C9H7NO2.H2O/c1-2-10-7-4-9-8(3-6(1)7)11-5-12-9;/h1-4,10H,5H2;1H2. The summed E-state index contributed by atoms with van der Waals surface area (Å²) in [4.78, 5) is 3.11. The van der Waals surface area contributed by atoms with Gasteiger partial charge < -0.3 is 19.9 Å². The van der Waals surface area contributed by atoms with E-state index >= 15 is 0 Å². The van der Waals surface area contributed by atoms with Crippen molar-refractivity contribution in [1.82, 2.24) is 4.98 Å². The van der Waals surface area contributed by atoms with Gasteiger partial charge in [-0.3, -0.25) is 0 Å². The van der Waals surface area contributed by atoms with E-state index in [9.17, 15) is 0 Å². The highest BCUT2D eigenvalue weighted by Gasteiger charge is 2.13. The van der Waals surface area contributed by atoms with Crippen LogP contribution in [0.3, 0.4) is 0 Å². The lowest BCUT2D eigenvalue weighted by Gasteiger charge is -1.94. The molecule has 1 aromatic heterocycles. The van der Waals surface area contributed by atoms with Crippen LogP contribution in [0.1, 0.15) is 0 Å². The van der Waals surface area contributed by atoms with Gasteiger partial charge in [0.15, 0.2) is 11.5 Å². The molecule has 0 amide bonds. The van der Waals surface area contributed by atoms with Crippen LogP contribution in [0.5, 0.6) is 11.5 Å². The van der Waals surface area contributed by atoms with Crippen LogP contribution in [0.25, 0.3) is 10.9 Å². The zero-order chi connectivity index (χ0) is 7.97. The second-order valence-corrected chi connectivity index (χ2v) is 2.77. The van der Waals surface area contributed by atoms with Crippen LogP contribution in [0.15, 0.2) is 24.4 Å². The number of benzene rings is 1. The van der Waals surface area contributed by atoms with E-state index in [0.717, 1.165) is 22.4 Å². The van der Waals surface area contributed by atoms with Crippen LogP contribution < -0.4 is 9.47 Å². The Morgan fingerprint density at radius 2 is 1.92 bits per heavy atom. The maximum absolute atomic E-state index is 5.24. The lowest BCUT2D eigenvalue weighted by molar-refractivity contribution is 0.174. The molecule has 68 valence electrons. The van der Waals surface area contributed by atoms with Gasteiger partial charge in [0.05, 0.1) is 0 Å². The minimum Gasteiger partial charge on any atom is -0.454 e. The zero-order valence-corrected chi connectivity index (χ0v) is 6.83. The lowest BCUT2D eigenvalue weighted by atomic mass is 10.2. The van der Waals surface area contributed by atoms with Crippen molar-refractivity contribution < 1.29 is 14.9 Å². The number of ether oxygens (including phenoxy) is 2. The quantitative estimate of drug-likeness (QED) is 0.657. The first kappa shape index (κ1) is 7.94. The van der Waals surface area contributed by atoms with Gasteiger partial charge in [-0.2, -0.15) is 0 Å². The van der Waals surface area contributed by atoms with E-state index < -0.39 is 0 Å². The highest BCUT2D eigenvalue weighted by atomic mass is 16.7. The Labute approximate surface area is 74.4 Å². The summed E-state index contributed by atoms with van der Waals surface area (Å²) in [5.74, 6) is 1.66. The van der Waals surface area contributed by atoms with Gasteiger partial charge in [-0.25, -0.2) is 0 Å². The Hall–Kier alpha value is -1.68. The third-order valence-electron chi connectivity index (χ3n) is 2.05. The van der Waals surface area contributed by atoms with Crippen LogP contribution in [0.4, 0.5) is 0 Å². The zero-order valence-electron chi connectivity index (χ0n) is 6.83. The molecular weight excluding hydrogens is 170 g/mol. The Kier molecular flexibility index (Phi) is 1.63. The molecule has 2 aromatic rings. The van der Waals surface area contributed by atoms with Gasteiger partial charge >= 0.3 is 0 Å². The number of nitrogens with one attached hydrogen (secondary N) is 1. The van der Waals surface area contributed by atoms with Crippen molar-refractivity contribution in [3.05, 3.63) is 24.4 Å². The molecule has 0 radical (unpaired) electrons. The van der Waals surface area contributed by atoms with Crippen molar-refractivity contribution in [2.24, 2.45) is 0 Å². The van der Waals surface area contributed by atoms with Gasteiger partial charge in [-0.1, -0.05) is 0 Å². The molecule has 0 bridgehead atoms. The molecule has 1 aromatic carbocycles. The minimum atomic E-state index is 0. The topological polar surface area (TPSA) is 65.8 Å². The van der Waals surface area contributed by atoms with Gasteiger partial charge in [0.1, 0.15) is 0 Å². The third-order valence-corrected chi connectivity index (χ3v) is 2.05. The van der Waals surface area contributed by atoms with Gasteiger partial charge in [-0.05, 0) is 12.1 Å². The van der Waals surface area contributed by atoms with E-state index in [2.05, 4.69) is 4.98 Å². The van der Waals surface area contributed by atoms with Gasteiger partial charge in [0.2, 0.25) is 6.79 Å². The summed E-state index contributed by atoms with van der Waals surface area (Å²) >= 11 is 0. The predicted molar refractivity (Wildman–Crippen MR) is 48.0 cm³/mol. The average Bonchev–Trinajstić information content (AvgIpc) is 2.64. The molecule has 1 aliphatic heterocycles. The fourth-order valence-corrected chi connectivity index (χ4v) is 1.44. The van der Waals surface area contributed by atoms with Crippen molar-refractivity contribution in [3.63, 3.8) is 0 Å². The van der Waals surface area contributed by atoms with Crippen molar-refractivity contribution >= 4 is 10.9 Å². The Morgan fingerprint density at radius 1 is 1.15 bits per heavy atom. The monoisotopic (exact) mass is 179 g/mol. The molecular formula is C9H9NO3. The Bertz CT molecular complexity index is 397. The fraction of sp³-hybridized carbons (Fsp3) is 0.111. The van der Waals surface area contributed by atoms with E-state index in [-0.39, 0.29) is 5.48 Å². The molecule has 3 rings (SSSR count). The van der Waals surface area contributed by atoms with Crippen molar-refractivity contribution in [1.29, 1.82) is 0 Å². The fourth-order valence-electron chi connectivity index (χ4n) is 1.44. The first-order chi connectivity index (χ1) is 5.93. The Balaban J connectivity index is 0.000000653. The number of aromatic nitrogens is 1. The van der Waals surface area contributed by atoms with E-state index in [1.54, 1.807) is 0 Å². The summed E-state index contributed by atoms with van der Waals surface area (Å²) in [5.41, 5.74) is 1.08. The summed E-state index contributed by atoms with van der Waals surface area (Å²) in [5, 5.41) is 1.15. The van der Waals surface area contributed by atoms with Crippen LogP contribution >= 0.6 is 0 Å². The Morgan fingerprint density at radius 3 is 2.77 bits per heavy atom. The first-order valence-corrected chi connectivity index (χ1v) is 3.80. The number of hydrogen-bond acceptors (Lipinski definition) is 2. The molecule has 0 spiro atoms. The molecule has 0 saturated heterocycles. The summed E-state index contributed by atoms with van der Waals surface area (Å²) in [6.45, 7) is 0.335. The molecule has 1 aliphatic rings. The van der Waals surface area contributed by atoms with Gasteiger partial charge in [0, 0.05) is 23.2 Å². The van der Waals surface area contributed by atoms with E-state index in [0.29, 0.717) is 6.79 Å². The summed E-state index contributed by atoms with van der Waals surface area (Å²) in [7, 11) is 0. The first-order valence-electron chi connectivity index (χ1n) is 3.80. The molecule has 0 aliphatic carbocycles. The molecule has 4 nitrogen and oxygen atoms in total. The van der Waals surface area contributed by atoms with Crippen LogP contribution in [-0.2, 0) is 0 Å². The van der Waals surface area contributed by atoms with Crippen LogP contribution in [0.2, 0.25) is 0 Å². The van der Waals surface area contributed by atoms with Crippen molar-refractivity contribution in [3.8, 4) is 11.5 Å². The number of H-pyrrole nitrogens is 1. The largest absolute Gasteiger partial charge is 0.454 e. The highest BCUT2D eigenvalue weighted by molar-refractivity contribution is 5.83. The molecule has 0 saturated carbocycles. The molecule has 0 unspecified atom stereocenters. The maximum atomic E-state index is 5.24. The average molecular weight is 179 g/mol. The number of fused-ring (bicyclic) bond motifs is 2. The van der Waals surface area contributed by atoms with E-state index in [1.165, 1.54) is 0 Å². The smallest absolute Gasteiger partial charge is 0.231 e. The minimum absolute atomic E-state index is 0. The highest BCUT2D eigenvalue weighted by Crippen LogP contribution is 2.35. The number of hydrogen-bond donors (Lipinski definition) is 1. The van der Waals surface area contributed by atoms with Gasteiger partial charge in [0.25, 0.3) is 0 Å². The molecule has 4 heteroatoms. The molecule has 3 N–H and O–H groups in total. The predicted octanol–water partition coefficient (Wildman–Crippen LogP) is 1.07. The van der Waals surface area contributed by atoms with Gasteiger partial charge in [-0.15, -0.1) is 0 Å². The summed E-state index contributed by atoms with van der Waals surface area (Å²) in [6.07, 6.45) is 1.90. The molecule has 0 fully saturated rings. The lowest BCUT2D eigenvalue weighted by Crippen LogP contribution is -1.92. The number of aromatic amines is 1. The normalized spacial score (nSPS) is 12.9. The van der Waals surface area contributed by atoms with E-state index in [4.69, 9.17) is 9.47 Å². The molecule has 2 heterocycles. The molecule has 0 atom stereocenters. The SMILES string of the molecule is O.c1cc2cc3c(cc2[nH]1)OCO3. The molecule has 13 heavy (non-hydrogen) atoms. The van der Waals surface area contributed by atoms with Crippen molar-refractivity contribution in [2.75, 3.05) is 6.79 Å². The third kappa shape index (κ3) is 1.03. The van der Waals surface area contributed by atoms with Crippen LogP contribution in [-0.4, -0.2) is 17.3 Å². The van der Waals surface area contributed by atoms with Crippen LogP contribution in [0, 0.1) is 0 Å². The second-order valence-electron chi connectivity index (χ2n) is 2.77.